The van der Waals surface area contributed by atoms with Gasteiger partial charge in [-0.2, -0.15) is 0 Å². The number of pyridine rings is 1. The Morgan fingerprint density at radius 2 is 2.37 bits per heavy atom. The minimum atomic E-state index is 0.650. The zero-order chi connectivity index (χ0) is 13.1. The molecular formula is C12H13N5OS. The van der Waals surface area contributed by atoms with Gasteiger partial charge in [-0.3, -0.25) is 4.98 Å². The van der Waals surface area contributed by atoms with Crippen molar-refractivity contribution in [2.75, 3.05) is 25.6 Å². The minimum Gasteiger partial charge on any atom is -0.383 e. The smallest absolute Gasteiger partial charge is 0.214 e. The first kappa shape index (κ1) is 12.1. The molecule has 0 saturated heterocycles. The first-order valence-corrected chi connectivity index (χ1v) is 6.68. The van der Waals surface area contributed by atoms with Crippen molar-refractivity contribution < 1.29 is 4.74 Å². The molecule has 3 rings (SSSR count). The van der Waals surface area contributed by atoms with Crippen molar-refractivity contribution >= 4 is 21.4 Å². The molecule has 0 amide bonds. The molecule has 3 aromatic rings. The summed E-state index contributed by atoms with van der Waals surface area (Å²) in [7, 11) is 1.68. The second kappa shape index (κ2) is 5.33. The average molecular weight is 275 g/mol. The fraction of sp³-hybridized carbons (Fsp3) is 0.250. The van der Waals surface area contributed by atoms with Crippen LogP contribution >= 0.6 is 11.3 Å². The highest BCUT2D eigenvalue weighted by Crippen LogP contribution is 2.25. The summed E-state index contributed by atoms with van der Waals surface area (Å²) >= 11 is 1.52. The SMILES string of the molecule is COCCNc1nn2c(-c3cccnc3)cnc2s1. The van der Waals surface area contributed by atoms with Gasteiger partial charge in [0.25, 0.3) is 0 Å². The Morgan fingerprint density at radius 3 is 3.16 bits per heavy atom. The third-order valence-corrected chi connectivity index (χ3v) is 3.51. The predicted molar refractivity (Wildman–Crippen MR) is 74.5 cm³/mol. The highest BCUT2D eigenvalue weighted by Gasteiger charge is 2.11. The zero-order valence-electron chi connectivity index (χ0n) is 10.4. The van der Waals surface area contributed by atoms with E-state index in [1.807, 2.05) is 22.8 Å². The fourth-order valence-corrected chi connectivity index (χ4v) is 2.54. The van der Waals surface area contributed by atoms with E-state index in [2.05, 4.69) is 20.4 Å². The number of imidazole rings is 1. The number of nitrogens with one attached hydrogen (secondary N) is 1. The van der Waals surface area contributed by atoms with Gasteiger partial charge < -0.3 is 10.1 Å². The first-order chi connectivity index (χ1) is 9.38. The third-order valence-electron chi connectivity index (χ3n) is 2.63. The maximum atomic E-state index is 5.00. The van der Waals surface area contributed by atoms with E-state index in [0.717, 1.165) is 27.9 Å². The van der Waals surface area contributed by atoms with Crippen molar-refractivity contribution in [2.45, 2.75) is 0 Å². The molecule has 0 spiro atoms. The number of anilines is 1. The van der Waals surface area contributed by atoms with E-state index in [0.29, 0.717) is 6.61 Å². The molecule has 0 aromatic carbocycles. The Bertz CT molecular complexity index is 663. The molecule has 19 heavy (non-hydrogen) atoms. The van der Waals surface area contributed by atoms with Crippen molar-refractivity contribution in [3.8, 4) is 11.3 Å². The molecule has 98 valence electrons. The van der Waals surface area contributed by atoms with Gasteiger partial charge in [0.2, 0.25) is 10.1 Å². The Balaban J connectivity index is 1.90. The second-order valence-electron chi connectivity index (χ2n) is 3.91. The van der Waals surface area contributed by atoms with E-state index in [4.69, 9.17) is 4.74 Å². The van der Waals surface area contributed by atoms with Crippen molar-refractivity contribution in [3.63, 3.8) is 0 Å². The first-order valence-electron chi connectivity index (χ1n) is 5.86. The highest BCUT2D eigenvalue weighted by atomic mass is 32.1. The van der Waals surface area contributed by atoms with Crippen LogP contribution in [-0.4, -0.2) is 39.8 Å². The number of aromatic nitrogens is 4. The molecule has 1 N–H and O–H groups in total. The van der Waals surface area contributed by atoms with Crippen molar-refractivity contribution in [1.82, 2.24) is 19.6 Å². The molecule has 0 aliphatic heterocycles. The standard InChI is InChI=1S/C12H13N5OS/c1-18-6-5-14-11-16-17-10(8-15-12(17)19-11)9-3-2-4-13-7-9/h2-4,7-8H,5-6H2,1H3,(H,14,16). The van der Waals surface area contributed by atoms with E-state index in [9.17, 15) is 0 Å². The van der Waals surface area contributed by atoms with Gasteiger partial charge in [-0.25, -0.2) is 9.50 Å². The fourth-order valence-electron chi connectivity index (χ4n) is 1.74. The number of hydrogen-bond donors (Lipinski definition) is 1. The van der Waals surface area contributed by atoms with Crippen LogP contribution in [0.4, 0.5) is 5.13 Å². The number of fused-ring (bicyclic) bond motifs is 1. The topological polar surface area (TPSA) is 64.3 Å². The van der Waals surface area contributed by atoms with Crippen LogP contribution in [0.15, 0.2) is 30.7 Å². The van der Waals surface area contributed by atoms with Crippen LogP contribution in [0.5, 0.6) is 0 Å². The number of ether oxygens (including phenoxy) is 1. The summed E-state index contributed by atoms with van der Waals surface area (Å²) in [4.78, 5) is 9.34. The van der Waals surface area contributed by atoms with E-state index >= 15 is 0 Å². The van der Waals surface area contributed by atoms with Gasteiger partial charge in [-0.05, 0) is 12.1 Å². The van der Waals surface area contributed by atoms with Crippen LogP contribution < -0.4 is 5.32 Å². The van der Waals surface area contributed by atoms with Gasteiger partial charge in [-0.15, -0.1) is 5.10 Å². The molecule has 0 aliphatic rings. The lowest BCUT2D eigenvalue weighted by molar-refractivity contribution is 0.210. The third kappa shape index (κ3) is 2.42. The summed E-state index contributed by atoms with van der Waals surface area (Å²) in [5, 5.41) is 8.54. The average Bonchev–Trinajstić information content (AvgIpc) is 3.00. The monoisotopic (exact) mass is 275 g/mol. The van der Waals surface area contributed by atoms with Crippen LogP contribution in [0, 0.1) is 0 Å². The summed E-state index contributed by atoms with van der Waals surface area (Å²) in [6, 6.07) is 3.90. The maximum Gasteiger partial charge on any atom is 0.214 e. The van der Waals surface area contributed by atoms with Crippen LogP contribution in [0.3, 0.4) is 0 Å². The van der Waals surface area contributed by atoms with Gasteiger partial charge in [-0.1, -0.05) is 11.3 Å². The van der Waals surface area contributed by atoms with Gasteiger partial charge in [0, 0.05) is 31.6 Å². The summed E-state index contributed by atoms with van der Waals surface area (Å²) < 4.78 is 6.83. The molecule has 0 atom stereocenters. The van der Waals surface area contributed by atoms with Gasteiger partial charge in [0.15, 0.2) is 0 Å². The van der Waals surface area contributed by atoms with E-state index in [1.165, 1.54) is 11.3 Å². The number of nitrogens with zero attached hydrogens (tertiary/aromatic N) is 4. The number of rotatable bonds is 5. The molecule has 6 nitrogen and oxygen atoms in total. The summed E-state index contributed by atoms with van der Waals surface area (Å²) in [5.74, 6) is 0. The lowest BCUT2D eigenvalue weighted by Crippen LogP contribution is -2.07. The Morgan fingerprint density at radius 1 is 1.42 bits per heavy atom. The minimum absolute atomic E-state index is 0.650. The normalized spacial score (nSPS) is 11.0. The van der Waals surface area contributed by atoms with E-state index < -0.39 is 0 Å². The van der Waals surface area contributed by atoms with Gasteiger partial charge in [0.1, 0.15) is 0 Å². The summed E-state index contributed by atoms with van der Waals surface area (Å²) in [6.45, 7) is 1.38. The quantitative estimate of drug-likeness (QED) is 0.721. The van der Waals surface area contributed by atoms with E-state index in [1.54, 1.807) is 19.5 Å². The molecular weight excluding hydrogens is 262 g/mol. The zero-order valence-corrected chi connectivity index (χ0v) is 11.2. The van der Waals surface area contributed by atoms with Crippen LogP contribution in [0.2, 0.25) is 0 Å². The molecule has 0 bridgehead atoms. The van der Waals surface area contributed by atoms with Gasteiger partial charge >= 0.3 is 0 Å². The second-order valence-corrected chi connectivity index (χ2v) is 4.86. The maximum absolute atomic E-state index is 5.00. The number of hydrogen-bond acceptors (Lipinski definition) is 6. The predicted octanol–water partition coefficient (Wildman–Crippen LogP) is 1.91. The largest absolute Gasteiger partial charge is 0.383 e. The molecule has 0 unspecified atom stereocenters. The molecule has 3 heterocycles. The number of methoxy groups -OCH3 is 1. The molecule has 3 aromatic heterocycles. The lowest BCUT2D eigenvalue weighted by atomic mass is 10.2. The Kier molecular flexibility index (Phi) is 3.39. The lowest BCUT2D eigenvalue weighted by Gasteiger charge is -1.99. The van der Waals surface area contributed by atoms with Gasteiger partial charge in [0.05, 0.1) is 18.5 Å². The molecule has 0 aliphatic carbocycles. The molecule has 0 saturated carbocycles. The van der Waals surface area contributed by atoms with Crippen LogP contribution in [0.1, 0.15) is 0 Å². The summed E-state index contributed by atoms with van der Waals surface area (Å²) in [5.41, 5.74) is 1.95. The van der Waals surface area contributed by atoms with Crippen LogP contribution in [0.25, 0.3) is 16.2 Å². The van der Waals surface area contributed by atoms with Crippen molar-refractivity contribution in [2.24, 2.45) is 0 Å². The van der Waals surface area contributed by atoms with E-state index in [-0.39, 0.29) is 0 Å². The summed E-state index contributed by atoms with van der Waals surface area (Å²) in [6.07, 6.45) is 5.37. The van der Waals surface area contributed by atoms with Crippen LogP contribution in [-0.2, 0) is 4.74 Å². The molecule has 0 radical (unpaired) electrons. The molecule has 0 fully saturated rings. The highest BCUT2D eigenvalue weighted by molar-refractivity contribution is 7.20. The Hall–Kier alpha value is -1.99. The van der Waals surface area contributed by atoms with Crippen molar-refractivity contribution in [3.05, 3.63) is 30.7 Å². The van der Waals surface area contributed by atoms with Crippen molar-refractivity contribution in [1.29, 1.82) is 0 Å². The Labute approximate surface area is 114 Å². The molecule has 7 heteroatoms.